The molecular weight excluding hydrogens is 975 g/mol. The Morgan fingerprint density at radius 2 is 0.885 bits per heavy atom. The Kier molecular flexibility index (Phi) is 20.3. The first-order valence-corrected chi connectivity index (χ1v) is 31.6. The summed E-state index contributed by atoms with van der Waals surface area (Å²) < 4.78 is 5.55. The van der Waals surface area contributed by atoms with Crippen molar-refractivity contribution in [3.63, 3.8) is 0 Å². The molecule has 21 atom stereocenters. The fraction of sp³-hybridized carbons (Fsp3) is 0.866. The average Bonchev–Trinajstić information content (AvgIpc) is 4.16. The van der Waals surface area contributed by atoms with Crippen LogP contribution in [0.4, 0.5) is 0 Å². The normalized spacial score (nSPS) is 46.0. The van der Waals surface area contributed by atoms with Gasteiger partial charge in [0.05, 0.1) is 18.8 Å². The molecule has 0 bridgehead atoms. The zero-order valence-corrected chi connectivity index (χ0v) is 50.9. The molecule has 0 aromatic heterocycles. The fourth-order valence-electron chi connectivity index (χ4n) is 20.4. The number of carbonyl (C=O) groups excluding carboxylic acids is 3. The zero-order valence-electron chi connectivity index (χ0n) is 50.9. The van der Waals surface area contributed by atoms with Crippen molar-refractivity contribution in [1.82, 2.24) is 10.6 Å². The number of amides is 2. The number of nitrogens with two attached hydrogens (primary N) is 1. The fourth-order valence-corrected chi connectivity index (χ4v) is 20.4. The van der Waals surface area contributed by atoms with Crippen molar-refractivity contribution in [3.8, 4) is 0 Å². The van der Waals surface area contributed by atoms with Crippen LogP contribution in [0.2, 0.25) is 0 Å². The number of allylic oxidation sites excluding steroid dienone is 3. The van der Waals surface area contributed by atoms with Crippen molar-refractivity contribution in [2.75, 3.05) is 39.5 Å². The molecule has 0 aliphatic heterocycles. The first kappa shape index (κ1) is 63.0. The third-order valence-corrected chi connectivity index (χ3v) is 25.9. The SMILES string of the molecule is C=C1CCC2[C@H](CN)C([C@@]3(C)CC[C@H](O)C[C@@H]3CO)CC[C@]12C.C=C1CCC2[C@H](CNC(C)=O)C([C@@]3(C)CC[C@H](C)C[C@@H]3COC(C)=O)CC[C@]12C.C=C1CCC2[C@H](CNC(C)=O)C([C@@]3(C)CC[C@H](O)C[C@@H]3CO)CC[C@]12C. The molecule has 9 fully saturated rings. The minimum Gasteiger partial charge on any atom is -0.466 e. The number of rotatable bonds is 12. The van der Waals surface area contributed by atoms with Gasteiger partial charge in [0.2, 0.25) is 11.8 Å². The van der Waals surface area contributed by atoms with Crippen molar-refractivity contribution in [2.24, 2.45) is 115 Å². The second kappa shape index (κ2) is 25.1. The van der Waals surface area contributed by atoms with Crippen molar-refractivity contribution >= 4 is 17.8 Å². The summed E-state index contributed by atoms with van der Waals surface area (Å²) in [5.74, 6) is 6.16. The van der Waals surface area contributed by atoms with Crippen LogP contribution >= 0.6 is 0 Å². The van der Waals surface area contributed by atoms with Gasteiger partial charge in [-0.3, -0.25) is 14.4 Å². The highest BCUT2D eigenvalue weighted by Crippen LogP contribution is 2.66. The van der Waals surface area contributed by atoms with Crippen LogP contribution in [0.5, 0.6) is 0 Å². The first-order valence-electron chi connectivity index (χ1n) is 31.6. The van der Waals surface area contributed by atoms with Gasteiger partial charge in [-0.05, 0) is 244 Å². The molecule has 0 aromatic carbocycles. The maximum atomic E-state index is 11.8. The van der Waals surface area contributed by atoms with E-state index in [0.29, 0.717) is 78.1 Å². The lowest BCUT2D eigenvalue weighted by atomic mass is 9.49. The van der Waals surface area contributed by atoms with Crippen LogP contribution in [0.25, 0.3) is 0 Å². The number of ether oxygens (including phenoxy) is 1. The summed E-state index contributed by atoms with van der Waals surface area (Å²) in [6.07, 6.45) is 22.2. The van der Waals surface area contributed by atoms with E-state index in [0.717, 1.165) is 90.3 Å². The maximum absolute atomic E-state index is 11.8. The summed E-state index contributed by atoms with van der Waals surface area (Å²) in [4.78, 5) is 35.0. The summed E-state index contributed by atoms with van der Waals surface area (Å²) in [5.41, 5.74) is 11.5. The number of nitrogens with one attached hydrogen (secondary N) is 2. The van der Waals surface area contributed by atoms with Crippen LogP contribution in [-0.2, 0) is 19.1 Å². The molecule has 0 radical (unpaired) electrons. The summed E-state index contributed by atoms with van der Waals surface area (Å²) in [7, 11) is 0. The van der Waals surface area contributed by atoms with E-state index in [2.05, 4.69) is 78.8 Å². The standard InChI is InChI=1S/C25H41NO3.C22H37NO3.C20H35NO2/c1-16-9-11-25(6,20(13-16)15-29-19(4)28)23-10-12-24(5)17(2)7-8-22(24)21(23)14-26-18(3)27;1-14-5-6-19-18(12-23-15(2)25)20(8-10-21(14,19)3)22(4)9-7-17(26)11-16(22)13-24;1-13-4-5-17-16(11-21)18(7-9-19(13,17)2)20(3)8-6-15(23)10-14(20)12-22/h16,20-23H,2,7-15H2,1,3-6H3,(H,26,27);16-20,24,26H,1,5-13H2,2-4H3,(H,23,25);14-18,22-23H,1,4-12,21H2,2-3H3/t16-,20+,21-,22?,23?,24+,25-;16-,17+,18+,19?,20?,21-,22+;14-,15+,16+,17?,18?,19-,20+/m011/s1. The molecular formula is C67H113N3O8. The predicted molar refractivity (Wildman–Crippen MR) is 313 cm³/mol. The highest BCUT2D eigenvalue weighted by molar-refractivity contribution is 5.73. The quantitative estimate of drug-likeness (QED) is 0.0736. The Labute approximate surface area is 473 Å². The Morgan fingerprint density at radius 1 is 0.526 bits per heavy atom. The van der Waals surface area contributed by atoms with Crippen LogP contribution in [0, 0.1) is 109 Å². The van der Waals surface area contributed by atoms with Crippen molar-refractivity contribution in [1.29, 1.82) is 0 Å². The van der Waals surface area contributed by atoms with Gasteiger partial charge in [0.15, 0.2) is 0 Å². The second-order valence-corrected chi connectivity index (χ2v) is 29.5. The average molecular weight is 1090 g/mol. The number of aliphatic hydroxyl groups is 4. The van der Waals surface area contributed by atoms with Gasteiger partial charge >= 0.3 is 5.97 Å². The summed E-state index contributed by atoms with van der Waals surface area (Å²) in [6, 6.07) is 0. The summed E-state index contributed by atoms with van der Waals surface area (Å²) in [5, 5.41) is 46.5. The molecule has 0 spiro atoms. The molecule has 9 rings (SSSR count). The van der Waals surface area contributed by atoms with Crippen molar-refractivity contribution in [3.05, 3.63) is 36.5 Å². The topological polar surface area (TPSA) is 191 Å². The number of hydrogen-bond donors (Lipinski definition) is 7. The maximum Gasteiger partial charge on any atom is 0.302 e. The number of carbonyl (C=O) groups is 3. The largest absolute Gasteiger partial charge is 0.466 e. The minimum absolute atomic E-state index is 0.0301. The molecule has 11 nitrogen and oxygen atoms in total. The van der Waals surface area contributed by atoms with Crippen LogP contribution in [0.3, 0.4) is 0 Å². The second-order valence-electron chi connectivity index (χ2n) is 29.5. The molecule has 78 heavy (non-hydrogen) atoms. The Hall–Kier alpha value is -2.57. The number of fused-ring (bicyclic) bond motifs is 3. The smallest absolute Gasteiger partial charge is 0.302 e. The van der Waals surface area contributed by atoms with E-state index < -0.39 is 0 Å². The highest BCUT2D eigenvalue weighted by atomic mass is 16.5. The molecule has 6 unspecified atom stereocenters. The molecule has 11 heteroatoms. The van der Waals surface area contributed by atoms with Gasteiger partial charge in [0, 0.05) is 47.1 Å². The number of esters is 1. The van der Waals surface area contributed by atoms with Gasteiger partial charge in [0.25, 0.3) is 0 Å². The van der Waals surface area contributed by atoms with Gasteiger partial charge in [-0.1, -0.05) is 91.3 Å². The molecule has 9 saturated carbocycles. The van der Waals surface area contributed by atoms with Gasteiger partial charge in [-0.25, -0.2) is 0 Å². The van der Waals surface area contributed by atoms with E-state index in [9.17, 15) is 34.8 Å². The Bertz CT molecular complexity index is 2150. The lowest BCUT2D eigenvalue weighted by molar-refractivity contribution is -0.148. The lowest BCUT2D eigenvalue weighted by Crippen LogP contribution is -2.53. The van der Waals surface area contributed by atoms with Crippen molar-refractivity contribution in [2.45, 2.75) is 216 Å². The minimum atomic E-state index is -0.283. The zero-order chi connectivity index (χ0) is 57.3. The third-order valence-electron chi connectivity index (χ3n) is 25.9. The number of aliphatic hydroxyl groups excluding tert-OH is 4. The third kappa shape index (κ3) is 12.2. The van der Waals surface area contributed by atoms with E-state index in [1.807, 2.05) is 0 Å². The summed E-state index contributed by atoms with van der Waals surface area (Å²) >= 11 is 0. The van der Waals surface area contributed by atoms with Crippen LogP contribution in [0.15, 0.2) is 36.5 Å². The first-order chi connectivity index (χ1) is 36.7. The lowest BCUT2D eigenvalue weighted by Gasteiger charge is -2.57. The molecule has 0 heterocycles. The van der Waals surface area contributed by atoms with Gasteiger partial charge in [-0.2, -0.15) is 0 Å². The van der Waals surface area contributed by atoms with Gasteiger partial charge in [0.1, 0.15) is 0 Å². The van der Waals surface area contributed by atoms with Gasteiger partial charge < -0.3 is 41.5 Å². The van der Waals surface area contributed by atoms with E-state index in [4.69, 9.17) is 10.5 Å². The van der Waals surface area contributed by atoms with Gasteiger partial charge in [-0.15, -0.1) is 0 Å². The molecule has 2 amide bonds. The predicted octanol–water partition coefficient (Wildman–Crippen LogP) is 11.5. The number of hydrogen-bond acceptors (Lipinski definition) is 9. The van der Waals surface area contributed by atoms with E-state index in [1.165, 1.54) is 81.4 Å². The van der Waals surface area contributed by atoms with E-state index in [-0.39, 0.29) is 87.5 Å². The molecule has 9 aliphatic rings. The Balaban J connectivity index is 0.000000171. The van der Waals surface area contributed by atoms with E-state index in [1.54, 1.807) is 13.8 Å². The van der Waals surface area contributed by atoms with E-state index >= 15 is 0 Å². The van der Waals surface area contributed by atoms with Crippen molar-refractivity contribution < 1.29 is 39.5 Å². The Morgan fingerprint density at radius 3 is 1.24 bits per heavy atom. The highest BCUT2D eigenvalue weighted by Gasteiger charge is 2.60. The van der Waals surface area contributed by atoms with Crippen LogP contribution < -0.4 is 16.4 Å². The molecule has 0 saturated heterocycles. The summed E-state index contributed by atoms with van der Waals surface area (Å²) in [6.45, 7) is 37.7. The molecule has 8 N–H and O–H groups in total. The van der Waals surface area contributed by atoms with Crippen LogP contribution in [-0.4, -0.2) is 89.9 Å². The molecule has 0 aromatic rings. The monoisotopic (exact) mass is 1090 g/mol. The van der Waals surface area contributed by atoms with Crippen LogP contribution in [0.1, 0.15) is 204 Å². The molecule has 9 aliphatic carbocycles. The molecule has 444 valence electrons.